The molecule has 36 heavy (non-hydrogen) atoms. The molecule has 0 aliphatic carbocycles. The van der Waals surface area contributed by atoms with Gasteiger partial charge in [-0.15, -0.1) is 0 Å². The van der Waals surface area contributed by atoms with Gasteiger partial charge in [0.25, 0.3) is 0 Å². The van der Waals surface area contributed by atoms with Gasteiger partial charge in [-0.25, -0.2) is 4.79 Å². The van der Waals surface area contributed by atoms with Crippen LogP contribution >= 0.6 is 0 Å². The van der Waals surface area contributed by atoms with Gasteiger partial charge in [0.1, 0.15) is 11.9 Å². The van der Waals surface area contributed by atoms with Crippen LogP contribution in [0, 0.1) is 12.3 Å². The van der Waals surface area contributed by atoms with Crippen LogP contribution in [-0.4, -0.2) is 64.9 Å². The molecule has 10 N–H and O–H groups in total. The van der Waals surface area contributed by atoms with Gasteiger partial charge in [0.2, 0.25) is 11.8 Å². The molecule has 3 unspecified atom stereocenters. The summed E-state index contributed by atoms with van der Waals surface area (Å²) in [4.78, 5) is 39.5. The van der Waals surface area contributed by atoms with Crippen molar-refractivity contribution in [3.63, 3.8) is 0 Å². The molecule has 11 heteroatoms. The van der Waals surface area contributed by atoms with Crippen molar-refractivity contribution in [2.75, 3.05) is 13.1 Å². The molecule has 1 aromatic heterocycles. The normalized spacial score (nSPS) is 16.8. The van der Waals surface area contributed by atoms with Crippen LogP contribution in [0.2, 0.25) is 0 Å². The van der Waals surface area contributed by atoms with Crippen LogP contribution in [0.4, 0.5) is 0 Å². The number of carboxylic acids is 1. The minimum Gasteiger partial charge on any atom is -0.480 e. The number of nitrogens with two attached hydrogens (primary N) is 2. The minimum atomic E-state index is -1.10. The smallest absolute Gasteiger partial charge is 0.326 e. The van der Waals surface area contributed by atoms with Crippen LogP contribution in [0.15, 0.2) is 35.9 Å². The fraction of sp³-hybridized carbons (Fsp3) is 0.440. The number of hydrogen-bond acceptors (Lipinski definition) is 6. The highest BCUT2D eigenvalue weighted by Gasteiger charge is 2.25. The van der Waals surface area contributed by atoms with E-state index < -0.39 is 18.1 Å². The maximum absolute atomic E-state index is 12.3. The molecular formula is C25H35N7O4. The predicted octanol–water partition coefficient (Wildman–Crippen LogP) is 0.426. The highest BCUT2D eigenvalue weighted by Crippen LogP contribution is 2.18. The number of benzene rings is 1. The lowest BCUT2D eigenvalue weighted by Gasteiger charge is -2.18. The summed E-state index contributed by atoms with van der Waals surface area (Å²) in [6.07, 6.45) is 3.53. The summed E-state index contributed by atoms with van der Waals surface area (Å²) in [5.41, 5.74) is 15.1. The average molecular weight is 498 g/mol. The Labute approximate surface area is 209 Å². The molecule has 0 fully saturated rings. The Hall–Kier alpha value is -3.70. The predicted molar refractivity (Wildman–Crippen MR) is 138 cm³/mol. The maximum Gasteiger partial charge on any atom is 0.326 e. The van der Waals surface area contributed by atoms with Crippen LogP contribution in [0.3, 0.4) is 0 Å². The number of nitrogens with one attached hydrogen (secondary N) is 5. The summed E-state index contributed by atoms with van der Waals surface area (Å²) >= 11 is 0. The number of aromatic amines is 1. The average Bonchev–Trinajstić information content (AvgIpc) is 3.44. The highest BCUT2D eigenvalue weighted by atomic mass is 16.4. The molecule has 1 aliphatic heterocycles. The van der Waals surface area contributed by atoms with E-state index in [2.05, 4.69) is 20.9 Å². The molecule has 1 aromatic carbocycles. The Bertz CT molecular complexity index is 1160. The number of amidine groups is 1. The summed E-state index contributed by atoms with van der Waals surface area (Å²) in [6, 6.07) is 5.67. The van der Waals surface area contributed by atoms with Crippen LogP contribution in [0.1, 0.15) is 36.9 Å². The van der Waals surface area contributed by atoms with Crippen molar-refractivity contribution >= 4 is 34.5 Å². The zero-order valence-corrected chi connectivity index (χ0v) is 20.4. The number of hydrogen-bond donors (Lipinski definition) is 8. The molecule has 2 amide bonds. The molecule has 2 heterocycles. The molecule has 0 spiro atoms. The molecule has 0 saturated heterocycles. The third kappa shape index (κ3) is 7.40. The molecule has 0 bridgehead atoms. The minimum absolute atomic E-state index is 0.00817. The number of unbranched alkanes of at least 4 members (excludes halogenated alkanes) is 1. The van der Waals surface area contributed by atoms with Gasteiger partial charge in [-0.3, -0.25) is 15.0 Å². The van der Waals surface area contributed by atoms with E-state index in [-0.39, 0.29) is 36.5 Å². The van der Waals surface area contributed by atoms with E-state index in [0.29, 0.717) is 32.4 Å². The van der Waals surface area contributed by atoms with E-state index in [1.54, 1.807) is 0 Å². The fourth-order valence-corrected chi connectivity index (χ4v) is 4.27. The number of rotatable bonds is 13. The van der Waals surface area contributed by atoms with E-state index in [9.17, 15) is 19.5 Å². The molecule has 0 radical (unpaired) electrons. The second kappa shape index (κ2) is 12.3. The standard InChI is InChI=1S/C25H35N7O4/c1-14-5-6-15-11-17(31-19(15)10-14)13-20(25(35)36)32-21(33)4-2-3-8-30-24(34)18(26)12-16-7-9-29-22(16)23(27)28/h5-7,10-11,18,20,22,29,31H,2-4,8-9,12-13,26H2,1H3,(H3,27,28)(H,30,34)(H,32,33)(H,35,36). The zero-order chi connectivity index (χ0) is 26.2. The topological polar surface area (TPSA) is 199 Å². The summed E-state index contributed by atoms with van der Waals surface area (Å²) in [6.45, 7) is 2.92. The lowest BCUT2D eigenvalue weighted by Crippen LogP contribution is -2.44. The highest BCUT2D eigenvalue weighted by molar-refractivity contribution is 5.88. The number of carboxylic acid groups (broad SMARTS) is 1. The van der Waals surface area contributed by atoms with E-state index in [0.717, 1.165) is 27.7 Å². The zero-order valence-electron chi connectivity index (χ0n) is 20.4. The van der Waals surface area contributed by atoms with E-state index in [4.69, 9.17) is 16.9 Å². The van der Waals surface area contributed by atoms with Crippen molar-refractivity contribution in [1.82, 2.24) is 20.9 Å². The Balaban J connectivity index is 1.37. The van der Waals surface area contributed by atoms with Crippen LogP contribution in [0.25, 0.3) is 10.9 Å². The molecule has 2 aromatic rings. The van der Waals surface area contributed by atoms with Gasteiger partial charge in [-0.2, -0.15) is 0 Å². The second-order valence-corrected chi connectivity index (χ2v) is 9.18. The maximum atomic E-state index is 12.3. The van der Waals surface area contributed by atoms with Gasteiger partial charge >= 0.3 is 5.97 Å². The summed E-state index contributed by atoms with van der Waals surface area (Å²) in [7, 11) is 0. The second-order valence-electron chi connectivity index (χ2n) is 9.18. The monoisotopic (exact) mass is 497 g/mol. The molecular weight excluding hydrogens is 462 g/mol. The number of carbonyl (C=O) groups excluding carboxylic acids is 2. The van der Waals surface area contributed by atoms with Gasteiger partial charge in [0, 0.05) is 37.1 Å². The van der Waals surface area contributed by atoms with Gasteiger partial charge in [0.15, 0.2) is 0 Å². The van der Waals surface area contributed by atoms with Crippen molar-refractivity contribution in [2.24, 2.45) is 11.5 Å². The van der Waals surface area contributed by atoms with Crippen LogP contribution in [-0.2, 0) is 20.8 Å². The van der Waals surface area contributed by atoms with Gasteiger partial charge in [-0.1, -0.05) is 18.2 Å². The first-order chi connectivity index (χ1) is 17.1. The molecule has 1 aliphatic rings. The first-order valence-corrected chi connectivity index (χ1v) is 12.0. The van der Waals surface area contributed by atoms with Crippen molar-refractivity contribution in [3.8, 4) is 0 Å². The number of aryl methyl sites for hydroxylation is 1. The molecule has 11 nitrogen and oxygen atoms in total. The summed E-state index contributed by atoms with van der Waals surface area (Å²) in [5.74, 6) is -1.77. The lowest BCUT2D eigenvalue weighted by atomic mass is 10.0. The van der Waals surface area contributed by atoms with Crippen LogP contribution in [0.5, 0.6) is 0 Å². The Morgan fingerprint density at radius 2 is 2.00 bits per heavy atom. The number of H-pyrrole nitrogens is 1. The molecule has 3 atom stereocenters. The SMILES string of the molecule is Cc1ccc2cc(CC(NC(=O)CCCCNC(=O)C(N)CC3=CCNC3C(=N)N)C(=O)O)[nH]c2c1. The third-order valence-corrected chi connectivity index (χ3v) is 6.18. The number of aromatic nitrogens is 1. The fourth-order valence-electron chi connectivity index (χ4n) is 4.27. The molecule has 0 saturated carbocycles. The van der Waals surface area contributed by atoms with Crippen molar-refractivity contribution < 1.29 is 19.5 Å². The van der Waals surface area contributed by atoms with Crippen molar-refractivity contribution in [2.45, 2.75) is 57.2 Å². The Morgan fingerprint density at radius 3 is 2.72 bits per heavy atom. The Kier molecular flexibility index (Phi) is 9.20. The van der Waals surface area contributed by atoms with Gasteiger partial charge in [-0.05, 0) is 54.8 Å². The van der Waals surface area contributed by atoms with E-state index in [1.807, 2.05) is 37.3 Å². The molecule has 194 valence electrons. The summed E-state index contributed by atoms with van der Waals surface area (Å²) < 4.78 is 0. The molecule has 3 rings (SSSR count). The quantitative estimate of drug-likeness (QED) is 0.0848. The van der Waals surface area contributed by atoms with Gasteiger partial charge in [0.05, 0.1) is 12.1 Å². The number of aliphatic carboxylic acids is 1. The number of carbonyl (C=O) groups is 3. The van der Waals surface area contributed by atoms with E-state index in [1.165, 1.54) is 0 Å². The lowest BCUT2D eigenvalue weighted by molar-refractivity contribution is -0.141. The largest absolute Gasteiger partial charge is 0.480 e. The first kappa shape index (κ1) is 26.9. The Morgan fingerprint density at radius 1 is 1.22 bits per heavy atom. The number of fused-ring (bicyclic) bond motifs is 1. The van der Waals surface area contributed by atoms with Gasteiger partial charge < -0.3 is 37.5 Å². The first-order valence-electron chi connectivity index (χ1n) is 12.0. The third-order valence-electron chi connectivity index (χ3n) is 6.18. The van der Waals surface area contributed by atoms with Crippen molar-refractivity contribution in [3.05, 3.63) is 47.2 Å². The number of amides is 2. The van der Waals surface area contributed by atoms with Crippen molar-refractivity contribution in [1.29, 1.82) is 5.41 Å². The summed E-state index contributed by atoms with van der Waals surface area (Å²) in [5, 5.41) is 26.5. The van der Waals surface area contributed by atoms with Crippen LogP contribution < -0.4 is 27.4 Å². The van der Waals surface area contributed by atoms with E-state index >= 15 is 0 Å².